The molecule has 3 N–H and O–H groups in total. The molecule has 0 unspecified atom stereocenters. The van der Waals surface area contributed by atoms with E-state index in [4.69, 9.17) is 5.73 Å². The van der Waals surface area contributed by atoms with Gasteiger partial charge in [0.15, 0.2) is 0 Å². The van der Waals surface area contributed by atoms with Crippen LogP contribution in [-0.4, -0.2) is 5.11 Å². The predicted molar refractivity (Wildman–Crippen MR) is 75.5 cm³/mol. The van der Waals surface area contributed by atoms with E-state index in [0.717, 1.165) is 21.9 Å². The Bertz CT molecular complexity index is 719. The van der Waals surface area contributed by atoms with E-state index in [1.54, 1.807) is 6.07 Å². The molecule has 0 fully saturated rings. The Balaban J connectivity index is 2.37. The Labute approximate surface area is 105 Å². The molecule has 0 amide bonds. The molecule has 0 aliphatic heterocycles. The maximum Gasteiger partial charge on any atom is 0.124 e. The summed E-state index contributed by atoms with van der Waals surface area (Å²) in [4.78, 5) is 0. The summed E-state index contributed by atoms with van der Waals surface area (Å²) in [5, 5.41) is 12.2. The quantitative estimate of drug-likeness (QED) is 0.630. The number of anilines is 1. The molecule has 18 heavy (non-hydrogen) atoms. The van der Waals surface area contributed by atoms with E-state index < -0.39 is 0 Å². The van der Waals surface area contributed by atoms with E-state index in [1.807, 2.05) is 54.6 Å². The molecule has 0 aliphatic carbocycles. The first kappa shape index (κ1) is 10.7. The zero-order valence-electron chi connectivity index (χ0n) is 9.80. The van der Waals surface area contributed by atoms with Crippen LogP contribution in [0.5, 0.6) is 5.75 Å². The van der Waals surface area contributed by atoms with Crippen LogP contribution in [0, 0.1) is 0 Å². The highest BCUT2D eigenvalue weighted by atomic mass is 16.3. The first-order chi connectivity index (χ1) is 8.75. The zero-order chi connectivity index (χ0) is 12.5. The van der Waals surface area contributed by atoms with Gasteiger partial charge < -0.3 is 10.8 Å². The maximum absolute atomic E-state index is 10.1. The van der Waals surface area contributed by atoms with Crippen LogP contribution in [0.4, 0.5) is 5.69 Å². The van der Waals surface area contributed by atoms with Crippen molar-refractivity contribution < 1.29 is 5.11 Å². The van der Waals surface area contributed by atoms with Gasteiger partial charge in [-0.1, -0.05) is 42.5 Å². The molecule has 0 bridgehead atoms. The second kappa shape index (κ2) is 4.08. The fraction of sp³-hybridized carbons (Fsp3) is 0. The predicted octanol–water partition coefficient (Wildman–Crippen LogP) is 3.79. The van der Waals surface area contributed by atoms with Crippen LogP contribution in [0.3, 0.4) is 0 Å². The Morgan fingerprint density at radius 2 is 1.67 bits per heavy atom. The zero-order valence-corrected chi connectivity index (χ0v) is 9.80. The van der Waals surface area contributed by atoms with Crippen molar-refractivity contribution in [2.75, 3.05) is 5.73 Å². The smallest absolute Gasteiger partial charge is 0.124 e. The lowest BCUT2D eigenvalue weighted by atomic mass is 9.97. The van der Waals surface area contributed by atoms with Crippen LogP contribution in [0.1, 0.15) is 0 Å². The van der Waals surface area contributed by atoms with Gasteiger partial charge in [0.05, 0.1) is 0 Å². The lowest BCUT2D eigenvalue weighted by molar-refractivity contribution is 0.478. The normalized spacial score (nSPS) is 10.7. The average molecular weight is 235 g/mol. The molecule has 0 saturated heterocycles. The monoisotopic (exact) mass is 235 g/mol. The Morgan fingerprint density at radius 3 is 2.50 bits per heavy atom. The molecule has 3 aromatic rings. The van der Waals surface area contributed by atoms with Crippen molar-refractivity contribution in [2.45, 2.75) is 0 Å². The Hall–Kier alpha value is -2.48. The number of aromatic hydroxyl groups is 1. The fourth-order valence-corrected chi connectivity index (χ4v) is 2.26. The molecule has 0 radical (unpaired) electrons. The average Bonchev–Trinajstić information content (AvgIpc) is 2.38. The van der Waals surface area contributed by atoms with Gasteiger partial charge in [-0.25, -0.2) is 0 Å². The number of phenols is 1. The van der Waals surface area contributed by atoms with E-state index in [1.165, 1.54) is 0 Å². The molecule has 0 aliphatic rings. The molecule has 2 nitrogen and oxygen atoms in total. The number of phenolic OH excluding ortho intramolecular Hbond substituents is 1. The van der Waals surface area contributed by atoms with E-state index in [2.05, 4.69) is 0 Å². The summed E-state index contributed by atoms with van der Waals surface area (Å²) in [6.45, 7) is 0. The summed E-state index contributed by atoms with van der Waals surface area (Å²) in [5.41, 5.74) is 8.27. The highest BCUT2D eigenvalue weighted by Gasteiger charge is 2.09. The van der Waals surface area contributed by atoms with E-state index in [0.29, 0.717) is 5.69 Å². The third-order valence-electron chi connectivity index (χ3n) is 3.08. The van der Waals surface area contributed by atoms with Gasteiger partial charge in [0, 0.05) is 11.3 Å². The number of nitrogens with two attached hydrogens (primary N) is 1. The molecule has 0 aromatic heterocycles. The van der Waals surface area contributed by atoms with E-state index >= 15 is 0 Å². The van der Waals surface area contributed by atoms with Gasteiger partial charge in [-0.15, -0.1) is 0 Å². The summed E-state index contributed by atoms with van der Waals surface area (Å²) in [7, 11) is 0. The van der Waals surface area contributed by atoms with Gasteiger partial charge in [-0.3, -0.25) is 0 Å². The van der Waals surface area contributed by atoms with Crippen LogP contribution in [0.2, 0.25) is 0 Å². The highest BCUT2D eigenvalue weighted by Crippen LogP contribution is 2.36. The number of rotatable bonds is 1. The first-order valence-electron chi connectivity index (χ1n) is 5.82. The minimum atomic E-state index is 0.277. The van der Waals surface area contributed by atoms with Crippen molar-refractivity contribution in [3.63, 3.8) is 0 Å². The molecular weight excluding hydrogens is 222 g/mol. The molecule has 0 heterocycles. The topological polar surface area (TPSA) is 46.2 Å². The second-order valence-electron chi connectivity index (χ2n) is 4.31. The Morgan fingerprint density at radius 1 is 0.833 bits per heavy atom. The highest BCUT2D eigenvalue weighted by molar-refractivity contribution is 5.99. The van der Waals surface area contributed by atoms with Gasteiger partial charge in [0.1, 0.15) is 5.75 Å². The minimum Gasteiger partial charge on any atom is -0.507 e. The number of hydrogen-bond donors (Lipinski definition) is 2. The third kappa shape index (κ3) is 1.68. The van der Waals surface area contributed by atoms with Gasteiger partial charge in [0.2, 0.25) is 0 Å². The fourth-order valence-electron chi connectivity index (χ4n) is 2.26. The Kier molecular flexibility index (Phi) is 2.41. The molecule has 3 aromatic carbocycles. The molecule has 3 rings (SSSR count). The van der Waals surface area contributed by atoms with Crippen molar-refractivity contribution in [2.24, 2.45) is 0 Å². The first-order valence-corrected chi connectivity index (χ1v) is 5.82. The minimum absolute atomic E-state index is 0.277. The van der Waals surface area contributed by atoms with Gasteiger partial charge in [0.25, 0.3) is 0 Å². The SMILES string of the molecule is Nc1cccc(-c2c(O)ccc3ccccc23)c1. The van der Waals surface area contributed by atoms with Crippen LogP contribution in [-0.2, 0) is 0 Å². The summed E-state index contributed by atoms with van der Waals surface area (Å²) in [6.07, 6.45) is 0. The molecule has 0 atom stereocenters. The van der Waals surface area contributed by atoms with Gasteiger partial charge in [-0.2, -0.15) is 0 Å². The summed E-state index contributed by atoms with van der Waals surface area (Å²) >= 11 is 0. The van der Waals surface area contributed by atoms with Gasteiger partial charge >= 0.3 is 0 Å². The molecular formula is C16H13NO. The van der Waals surface area contributed by atoms with E-state index in [9.17, 15) is 5.11 Å². The van der Waals surface area contributed by atoms with Crippen molar-refractivity contribution in [1.29, 1.82) is 0 Å². The number of nitrogen functional groups attached to an aromatic ring is 1. The second-order valence-corrected chi connectivity index (χ2v) is 4.31. The van der Waals surface area contributed by atoms with Crippen molar-refractivity contribution in [3.05, 3.63) is 60.7 Å². The summed E-state index contributed by atoms with van der Waals surface area (Å²) < 4.78 is 0. The maximum atomic E-state index is 10.1. The summed E-state index contributed by atoms with van der Waals surface area (Å²) in [6, 6.07) is 19.2. The van der Waals surface area contributed by atoms with Crippen LogP contribution in [0.25, 0.3) is 21.9 Å². The molecule has 2 heteroatoms. The van der Waals surface area contributed by atoms with Crippen molar-refractivity contribution >= 4 is 16.5 Å². The molecule has 88 valence electrons. The number of hydrogen-bond acceptors (Lipinski definition) is 2. The van der Waals surface area contributed by atoms with Crippen LogP contribution >= 0.6 is 0 Å². The third-order valence-corrected chi connectivity index (χ3v) is 3.08. The number of benzene rings is 3. The van der Waals surface area contributed by atoms with Crippen molar-refractivity contribution in [3.8, 4) is 16.9 Å². The lowest BCUT2D eigenvalue weighted by Gasteiger charge is -2.10. The molecule has 0 spiro atoms. The lowest BCUT2D eigenvalue weighted by Crippen LogP contribution is -1.87. The molecule has 0 saturated carbocycles. The number of fused-ring (bicyclic) bond motifs is 1. The largest absolute Gasteiger partial charge is 0.507 e. The summed E-state index contributed by atoms with van der Waals surface area (Å²) in [5.74, 6) is 0.277. The standard InChI is InChI=1S/C16H13NO/c17-13-6-3-5-12(10-13)16-14-7-2-1-4-11(14)8-9-15(16)18/h1-10,18H,17H2. The van der Waals surface area contributed by atoms with E-state index in [-0.39, 0.29) is 5.75 Å². The van der Waals surface area contributed by atoms with Gasteiger partial charge in [-0.05, 0) is 34.5 Å². The van der Waals surface area contributed by atoms with Crippen LogP contribution in [0.15, 0.2) is 60.7 Å². The van der Waals surface area contributed by atoms with Crippen molar-refractivity contribution in [1.82, 2.24) is 0 Å². The van der Waals surface area contributed by atoms with Crippen LogP contribution < -0.4 is 5.73 Å².